The highest BCUT2D eigenvalue weighted by atomic mass is 32.1. The first-order valence-electron chi connectivity index (χ1n) is 9.13. The Kier molecular flexibility index (Phi) is 6.41. The Labute approximate surface area is 178 Å². The number of halogens is 3. The van der Waals surface area contributed by atoms with Gasteiger partial charge in [-0.05, 0) is 30.2 Å². The third-order valence-electron chi connectivity index (χ3n) is 5.03. The molecular formula is C19H19F3N2O6S. The van der Waals surface area contributed by atoms with Crippen LogP contribution >= 0.6 is 11.3 Å². The van der Waals surface area contributed by atoms with E-state index in [4.69, 9.17) is 9.47 Å². The van der Waals surface area contributed by atoms with Crippen molar-refractivity contribution in [1.29, 1.82) is 0 Å². The average Bonchev–Trinajstić information content (AvgIpc) is 3.36. The molecule has 31 heavy (non-hydrogen) atoms. The summed E-state index contributed by atoms with van der Waals surface area (Å²) in [5, 5.41) is 21.5. The number of carbonyl (C=O) groups excluding carboxylic acids is 1. The van der Waals surface area contributed by atoms with Crippen molar-refractivity contribution in [2.24, 2.45) is 5.92 Å². The Bertz CT molecular complexity index is 1010. The summed E-state index contributed by atoms with van der Waals surface area (Å²) in [5.41, 5.74) is -2.08. The zero-order chi connectivity index (χ0) is 22.9. The molecule has 0 amide bonds. The maximum absolute atomic E-state index is 13.5. The Morgan fingerprint density at radius 1 is 1.39 bits per heavy atom. The second-order valence-electron chi connectivity index (χ2n) is 6.90. The molecule has 0 aliphatic carbocycles. The highest BCUT2D eigenvalue weighted by Gasteiger charge is 2.39. The molecule has 2 aromatic rings. The molecule has 2 heterocycles. The van der Waals surface area contributed by atoms with Gasteiger partial charge in [0.25, 0.3) is 0 Å². The van der Waals surface area contributed by atoms with Crippen molar-refractivity contribution in [2.75, 3.05) is 38.8 Å². The zero-order valence-electron chi connectivity index (χ0n) is 16.6. The molecule has 3 rings (SSSR count). The number of ether oxygens (including phenoxy) is 2. The number of nitro groups is 1. The van der Waals surface area contributed by atoms with Crippen LogP contribution < -0.4 is 9.64 Å². The quantitative estimate of drug-likeness (QED) is 0.396. The fourth-order valence-corrected chi connectivity index (χ4v) is 4.81. The molecule has 0 radical (unpaired) electrons. The van der Waals surface area contributed by atoms with Crippen LogP contribution in [0.4, 0.5) is 23.9 Å². The van der Waals surface area contributed by atoms with E-state index in [9.17, 15) is 33.2 Å². The van der Waals surface area contributed by atoms with Crippen LogP contribution in [0.1, 0.15) is 22.3 Å². The third-order valence-corrected chi connectivity index (χ3v) is 6.32. The third kappa shape index (κ3) is 4.30. The summed E-state index contributed by atoms with van der Waals surface area (Å²) < 4.78 is 49.9. The average molecular weight is 460 g/mol. The molecule has 1 aromatic heterocycles. The monoisotopic (exact) mass is 460 g/mol. The number of aliphatic hydroxyl groups is 1. The highest BCUT2D eigenvalue weighted by Crippen LogP contribution is 2.49. The second kappa shape index (κ2) is 8.71. The summed E-state index contributed by atoms with van der Waals surface area (Å²) in [6.07, 6.45) is -4.14. The molecule has 8 nitrogen and oxygen atoms in total. The molecule has 0 bridgehead atoms. The van der Waals surface area contributed by atoms with Crippen molar-refractivity contribution in [3.8, 4) is 16.2 Å². The van der Waals surface area contributed by atoms with Crippen LogP contribution in [0.3, 0.4) is 0 Å². The van der Waals surface area contributed by atoms with Gasteiger partial charge in [0.15, 0.2) is 5.56 Å². The molecule has 1 N–H and O–H groups in total. The van der Waals surface area contributed by atoms with E-state index in [1.54, 1.807) is 4.90 Å². The molecule has 168 valence electrons. The minimum atomic E-state index is -4.75. The first-order chi connectivity index (χ1) is 14.6. The molecule has 1 fully saturated rings. The number of rotatable bonds is 6. The second-order valence-corrected chi connectivity index (χ2v) is 7.90. The van der Waals surface area contributed by atoms with E-state index in [0.717, 1.165) is 37.7 Å². The maximum Gasteiger partial charge on any atom is 0.419 e. The lowest BCUT2D eigenvalue weighted by Crippen LogP contribution is -2.22. The number of esters is 1. The molecular weight excluding hydrogens is 441 g/mol. The van der Waals surface area contributed by atoms with Crippen LogP contribution in [-0.2, 0) is 10.9 Å². The molecule has 1 aromatic carbocycles. The first-order valence-corrected chi connectivity index (χ1v) is 9.94. The van der Waals surface area contributed by atoms with Crippen LogP contribution in [0.15, 0.2) is 18.2 Å². The van der Waals surface area contributed by atoms with Gasteiger partial charge < -0.3 is 19.5 Å². The van der Waals surface area contributed by atoms with Gasteiger partial charge in [0.2, 0.25) is 0 Å². The van der Waals surface area contributed by atoms with Crippen molar-refractivity contribution in [3.05, 3.63) is 39.4 Å². The Morgan fingerprint density at radius 2 is 2.10 bits per heavy atom. The molecule has 12 heteroatoms. The minimum Gasteiger partial charge on any atom is -0.496 e. The van der Waals surface area contributed by atoms with Gasteiger partial charge in [-0.15, -0.1) is 11.3 Å². The van der Waals surface area contributed by atoms with Gasteiger partial charge in [0.1, 0.15) is 15.6 Å². The summed E-state index contributed by atoms with van der Waals surface area (Å²) in [6, 6.07) is 3.12. The van der Waals surface area contributed by atoms with E-state index in [1.165, 1.54) is 6.07 Å². The number of nitrogens with zero attached hydrogens (tertiary/aromatic N) is 2. The summed E-state index contributed by atoms with van der Waals surface area (Å²) >= 11 is 0.847. The van der Waals surface area contributed by atoms with Crippen LogP contribution in [-0.4, -0.2) is 49.9 Å². The number of alkyl halides is 3. The van der Waals surface area contributed by atoms with Gasteiger partial charge in [0, 0.05) is 25.6 Å². The lowest BCUT2D eigenvalue weighted by molar-refractivity contribution is -0.384. The number of thiophene rings is 1. The smallest absolute Gasteiger partial charge is 0.419 e. The fraction of sp³-hybridized carbons (Fsp3) is 0.421. The summed E-state index contributed by atoms with van der Waals surface area (Å²) in [6.45, 7) is 0.703. The van der Waals surface area contributed by atoms with Gasteiger partial charge in [-0.2, -0.15) is 13.2 Å². The largest absolute Gasteiger partial charge is 0.496 e. The van der Waals surface area contributed by atoms with Crippen molar-refractivity contribution in [2.45, 2.75) is 12.6 Å². The number of hydrogen-bond acceptors (Lipinski definition) is 8. The normalized spacial score (nSPS) is 16.5. The van der Waals surface area contributed by atoms with Crippen LogP contribution in [0.5, 0.6) is 5.75 Å². The van der Waals surface area contributed by atoms with E-state index in [-0.39, 0.29) is 33.5 Å². The van der Waals surface area contributed by atoms with Gasteiger partial charge in [0.05, 0.1) is 24.7 Å². The van der Waals surface area contributed by atoms with E-state index in [0.29, 0.717) is 19.5 Å². The lowest BCUT2D eigenvalue weighted by Gasteiger charge is -2.17. The van der Waals surface area contributed by atoms with E-state index in [2.05, 4.69) is 0 Å². The number of hydrogen-bond donors (Lipinski definition) is 1. The van der Waals surface area contributed by atoms with Gasteiger partial charge >= 0.3 is 17.8 Å². The summed E-state index contributed by atoms with van der Waals surface area (Å²) in [5.74, 6) is -1.46. The molecule has 1 atom stereocenters. The van der Waals surface area contributed by atoms with Gasteiger partial charge in [-0.3, -0.25) is 10.1 Å². The molecule has 0 spiro atoms. The number of benzene rings is 1. The van der Waals surface area contributed by atoms with Gasteiger partial charge in [-0.25, -0.2) is 4.79 Å². The lowest BCUT2D eigenvalue weighted by atomic mass is 10.1. The van der Waals surface area contributed by atoms with E-state index in [1.807, 2.05) is 0 Å². The number of aliphatic hydroxyl groups excluding tert-OH is 1. The van der Waals surface area contributed by atoms with E-state index >= 15 is 0 Å². The Hall–Kier alpha value is -2.86. The predicted octanol–water partition coefficient (Wildman–Crippen LogP) is 3.96. The molecule has 1 aliphatic heterocycles. The fourth-order valence-electron chi connectivity index (χ4n) is 3.53. The van der Waals surface area contributed by atoms with Crippen molar-refractivity contribution in [3.63, 3.8) is 0 Å². The Morgan fingerprint density at radius 3 is 2.61 bits per heavy atom. The summed E-state index contributed by atoms with van der Waals surface area (Å²) in [7, 11) is 2.17. The number of anilines is 1. The first kappa shape index (κ1) is 22.8. The van der Waals surface area contributed by atoms with Crippen molar-refractivity contribution < 1.29 is 37.5 Å². The molecule has 1 aliphatic rings. The molecule has 0 saturated carbocycles. The summed E-state index contributed by atoms with van der Waals surface area (Å²) in [4.78, 5) is 25.2. The van der Waals surface area contributed by atoms with Crippen LogP contribution in [0, 0.1) is 16.0 Å². The number of methoxy groups -OCH3 is 2. The van der Waals surface area contributed by atoms with Crippen LogP contribution in [0.2, 0.25) is 0 Å². The molecule has 0 unspecified atom stereocenters. The van der Waals surface area contributed by atoms with Crippen LogP contribution in [0.25, 0.3) is 10.4 Å². The topological polar surface area (TPSA) is 102 Å². The molecule has 1 saturated heterocycles. The maximum atomic E-state index is 13.5. The SMILES string of the molecule is COC(=O)c1c(N2CC[C@H](CO)C2)sc(-c2ccc(OC)c(C(F)(F)F)c2)c1[N+](=O)[O-]. The highest BCUT2D eigenvalue weighted by molar-refractivity contribution is 7.20. The van der Waals surface area contributed by atoms with Gasteiger partial charge in [-0.1, -0.05) is 0 Å². The van der Waals surface area contributed by atoms with E-state index < -0.39 is 34.1 Å². The minimum absolute atomic E-state index is 0.0702. The van der Waals surface area contributed by atoms with Crippen molar-refractivity contribution >= 4 is 28.0 Å². The standard InChI is InChI=1S/C19H19F3N2O6S/c1-29-13-4-3-11(7-12(13)19(20,21)22)16-15(24(27)28)14(18(26)30-2)17(31-16)23-6-5-10(8-23)9-25/h3-4,7,10,25H,5-6,8-9H2,1-2H3/t10-/m0/s1. The number of carbonyl (C=O) groups is 1. The Balaban J connectivity index is 2.24. The predicted molar refractivity (Wildman–Crippen MR) is 107 cm³/mol. The zero-order valence-corrected chi connectivity index (χ0v) is 17.4. The van der Waals surface area contributed by atoms with Crippen molar-refractivity contribution in [1.82, 2.24) is 0 Å².